The van der Waals surface area contributed by atoms with Crippen LogP contribution in [0, 0.1) is 6.92 Å². The molecule has 2 aromatic carbocycles. The number of nitrogens with one attached hydrogen (secondary N) is 2. The van der Waals surface area contributed by atoms with Crippen LogP contribution in [0.3, 0.4) is 0 Å². The minimum atomic E-state index is -3.60. The first kappa shape index (κ1) is 22.9. The number of nitrogens with zero attached hydrogens (tertiary/aromatic N) is 2. The van der Waals surface area contributed by atoms with Crippen molar-refractivity contribution < 1.29 is 18.0 Å². The first-order chi connectivity index (χ1) is 14.8. The standard InChI is InChI=1S/C22H28N4O4S/c1-3-23-22(28)24-21(27)20(18-7-5-4-6-8-18)25-13-15-26(16-14-25)31(29,30)19-11-9-17(2)10-12-19/h4-12,20H,3,13-16H2,1-2H3,(H2,23,24,27,28). The fraction of sp³-hybridized carbons (Fsp3) is 0.364. The number of amides is 3. The normalized spacial score (nSPS) is 16.5. The topological polar surface area (TPSA) is 98.8 Å². The third-order valence-electron chi connectivity index (χ3n) is 5.23. The zero-order valence-electron chi connectivity index (χ0n) is 17.7. The summed E-state index contributed by atoms with van der Waals surface area (Å²) in [5.41, 5.74) is 1.74. The van der Waals surface area contributed by atoms with Gasteiger partial charge >= 0.3 is 6.03 Å². The van der Waals surface area contributed by atoms with Crippen LogP contribution in [0.15, 0.2) is 59.5 Å². The number of aryl methyl sites for hydroxylation is 1. The number of carbonyl (C=O) groups is 2. The first-order valence-corrected chi connectivity index (χ1v) is 11.7. The van der Waals surface area contributed by atoms with Crippen LogP contribution in [0.2, 0.25) is 0 Å². The molecule has 1 unspecified atom stereocenters. The van der Waals surface area contributed by atoms with Crippen molar-refractivity contribution >= 4 is 22.0 Å². The smallest absolute Gasteiger partial charge is 0.321 e. The third kappa shape index (κ3) is 5.49. The van der Waals surface area contributed by atoms with Crippen molar-refractivity contribution in [2.24, 2.45) is 0 Å². The highest BCUT2D eigenvalue weighted by atomic mass is 32.2. The van der Waals surface area contributed by atoms with E-state index in [1.54, 1.807) is 31.2 Å². The Morgan fingerprint density at radius 1 is 0.968 bits per heavy atom. The molecule has 0 radical (unpaired) electrons. The van der Waals surface area contributed by atoms with E-state index in [9.17, 15) is 18.0 Å². The summed E-state index contributed by atoms with van der Waals surface area (Å²) in [6, 6.07) is 14.7. The van der Waals surface area contributed by atoms with Crippen molar-refractivity contribution in [2.75, 3.05) is 32.7 Å². The summed E-state index contributed by atoms with van der Waals surface area (Å²) in [5, 5.41) is 4.94. The van der Waals surface area contributed by atoms with E-state index in [0.29, 0.717) is 19.6 Å². The van der Waals surface area contributed by atoms with Gasteiger partial charge in [-0.2, -0.15) is 4.31 Å². The average molecular weight is 445 g/mol. The van der Waals surface area contributed by atoms with Crippen molar-refractivity contribution in [1.29, 1.82) is 0 Å². The number of benzene rings is 2. The molecule has 1 fully saturated rings. The summed E-state index contributed by atoms with van der Waals surface area (Å²) in [7, 11) is -3.60. The zero-order chi connectivity index (χ0) is 22.4. The zero-order valence-corrected chi connectivity index (χ0v) is 18.6. The van der Waals surface area contributed by atoms with Gasteiger partial charge in [-0.05, 0) is 31.5 Å². The summed E-state index contributed by atoms with van der Waals surface area (Å²) in [5.74, 6) is -0.438. The lowest BCUT2D eigenvalue weighted by molar-refractivity contribution is -0.126. The molecule has 1 aliphatic heterocycles. The second-order valence-electron chi connectivity index (χ2n) is 7.42. The van der Waals surface area contributed by atoms with Crippen LogP contribution in [0.1, 0.15) is 24.1 Å². The van der Waals surface area contributed by atoms with E-state index in [4.69, 9.17) is 0 Å². The number of piperazine rings is 1. The highest BCUT2D eigenvalue weighted by Gasteiger charge is 2.34. The SMILES string of the molecule is CCNC(=O)NC(=O)C(c1ccccc1)N1CCN(S(=O)(=O)c2ccc(C)cc2)CC1. The van der Waals surface area contributed by atoms with Crippen molar-refractivity contribution in [1.82, 2.24) is 19.8 Å². The van der Waals surface area contributed by atoms with Gasteiger partial charge in [0, 0.05) is 32.7 Å². The summed E-state index contributed by atoms with van der Waals surface area (Å²) in [4.78, 5) is 27.0. The van der Waals surface area contributed by atoms with Gasteiger partial charge < -0.3 is 5.32 Å². The molecule has 0 aliphatic carbocycles. The van der Waals surface area contributed by atoms with Gasteiger partial charge in [0.05, 0.1) is 4.90 Å². The number of urea groups is 1. The van der Waals surface area contributed by atoms with Crippen LogP contribution in [-0.2, 0) is 14.8 Å². The highest BCUT2D eigenvalue weighted by Crippen LogP contribution is 2.25. The molecule has 0 aromatic heterocycles. The molecule has 1 saturated heterocycles. The largest absolute Gasteiger partial charge is 0.338 e. The highest BCUT2D eigenvalue weighted by molar-refractivity contribution is 7.89. The Morgan fingerprint density at radius 2 is 1.58 bits per heavy atom. The van der Waals surface area contributed by atoms with Gasteiger partial charge in [0.1, 0.15) is 6.04 Å². The van der Waals surface area contributed by atoms with Crippen LogP contribution < -0.4 is 10.6 Å². The van der Waals surface area contributed by atoms with E-state index in [-0.39, 0.29) is 18.0 Å². The predicted octanol–water partition coefficient (Wildman–Crippen LogP) is 1.89. The molecule has 9 heteroatoms. The first-order valence-electron chi connectivity index (χ1n) is 10.3. The molecule has 1 heterocycles. The van der Waals surface area contributed by atoms with Crippen LogP contribution in [0.25, 0.3) is 0 Å². The van der Waals surface area contributed by atoms with Gasteiger partial charge in [0.25, 0.3) is 0 Å². The number of hydrogen-bond acceptors (Lipinski definition) is 5. The fourth-order valence-corrected chi connectivity index (χ4v) is 5.03. The van der Waals surface area contributed by atoms with Gasteiger partial charge in [0.2, 0.25) is 15.9 Å². The Kier molecular flexibility index (Phi) is 7.42. The summed E-state index contributed by atoms with van der Waals surface area (Å²) in [6.07, 6.45) is 0. The predicted molar refractivity (Wildman–Crippen MR) is 118 cm³/mol. The van der Waals surface area contributed by atoms with Gasteiger partial charge in [-0.25, -0.2) is 13.2 Å². The molecule has 1 atom stereocenters. The van der Waals surface area contributed by atoms with Crippen LogP contribution >= 0.6 is 0 Å². The van der Waals surface area contributed by atoms with E-state index in [2.05, 4.69) is 10.6 Å². The molecule has 1 aliphatic rings. The number of rotatable bonds is 6. The van der Waals surface area contributed by atoms with E-state index in [1.165, 1.54) is 4.31 Å². The van der Waals surface area contributed by atoms with Crippen molar-refractivity contribution in [3.63, 3.8) is 0 Å². The second kappa shape index (κ2) is 10.0. The fourth-order valence-electron chi connectivity index (χ4n) is 3.61. The van der Waals surface area contributed by atoms with Crippen LogP contribution in [-0.4, -0.2) is 62.3 Å². The van der Waals surface area contributed by atoms with E-state index >= 15 is 0 Å². The lowest BCUT2D eigenvalue weighted by Crippen LogP contribution is -2.53. The summed E-state index contributed by atoms with van der Waals surface area (Å²) >= 11 is 0. The third-order valence-corrected chi connectivity index (χ3v) is 7.15. The van der Waals surface area contributed by atoms with Gasteiger partial charge in [0.15, 0.2) is 0 Å². The van der Waals surface area contributed by atoms with Gasteiger partial charge in [-0.3, -0.25) is 15.0 Å². The van der Waals surface area contributed by atoms with Gasteiger partial charge in [-0.1, -0.05) is 48.0 Å². The van der Waals surface area contributed by atoms with Gasteiger partial charge in [-0.15, -0.1) is 0 Å². The maximum absolute atomic E-state index is 13.0. The molecule has 166 valence electrons. The number of carbonyl (C=O) groups excluding carboxylic acids is 2. The van der Waals surface area contributed by atoms with Crippen LogP contribution in [0.5, 0.6) is 0 Å². The molecule has 8 nitrogen and oxygen atoms in total. The van der Waals surface area contributed by atoms with E-state index in [0.717, 1.165) is 11.1 Å². The molecule has 31 heavy (non-hydrogen) atoms. The number of imide groups is 1. The van der Waals surface area contributed by atoms with Crippen LogP contribution in [0.4, 0.5) is 4.79 Å². The Hall–Kier alpha value is -2.75. The maximum atomic E-state index is 13.0. The number of sulfonamides is 1. The van der Waals surface area contributed by atoms with E-state index in [1.807, 2.05) is 42.2 Å². The molecular formula is C22H28N4O4S. The van der Waals surface area contributed by atoms with Crippen molar-refractivity contribution in [3.05, 3.63) is 65.7 Å². The monoisotopic (exact) mass is 444 g/mol. The molecular weight excluding hydrogens is 416 g/mol. The van der Waals surface area contributed by atoms with E-state index < -0.39 is 28.0 Å². The molecule has 2 aromatic rings. The average Bonchev–Trinajstić information content (AvgIpc) is 2.75. The molecule has 0 saturated carbocycles. The molecule has 0 spiro atoms. The lowest BCUT2D eigenvalue weighted by Gasteiger charge is -2.38. The lowest BCUT2D eigenvalue weighted by atomic mass is 10.0. The molecule has 3 amide bonds. The minimum Gasteiger partial charge on any atom is -0.338 e. The maximum Gasteiger partial charge on any atom is 0.321 e. The van der Waals surface area contributed by atoms with Crippen molar-refractivity contribution in [2.45, 2.75) is 24.8 Å². The second-order valence-corrected chi connectivity index (χ2v) is 9.35. The minimum absolute atomic E-state index is 0.258. The molecule has 3 rings (SSSR count). The molecule has 2 N–H and O–H groups in total. The Labute approximate surface area is 183 Å². The summed E-state index contributed by atoms with van der Waals surface area (Å²) in [6.45, 7) is 5.34. The number of hydrogen-bond donors (Lipinski definition) is 2. The molecule has 0 bridgehead atoms. The Balaban J connectivity index is 1.75. The van der Waals surface area contributed by atoms with Crippen molar-refractivity contribution in [3.8, 4) is 0 Å². The Morgan fingerprint density at radius 3 is 2.16 bits per heavy atom. The quantitative estimate of drug-likeness (QED) is 0.709. The summed E-state index contributed by atoms with van der Waals surface area (Å²) < 4.78 is 27.4. The Bertz CT molecular complexity index is 1000.